The molecule has 0 saturated carbocycles. The van der Waals surface area contributed by atoms with E-state index in [0.717, 1.165) is 0 Å². The van der Waals surface area contributed by atoms with Crippen molar-refractivity contribution in [2.24, 2.45) is 5.92 Å². The molecule has 0 aliphatic carbocycles. The first-order chi connectivity index (χ1) is 13.2. The molecule has 150 valence electrons. The molecule has 0 bridgehead atoms. The lowest BCUT2D eigenvalue weighted by Gasteiger charge is -2.15. The lowest BCUT2D eigenvalue weighted by molar-refractivity contribution is -0.159. The van der Waals surface area contributed by atoms with Gasteiger partial charge in [0.05, 0.1) is 29.0 Å². The molecule has 0 unspecified atom stereocenters. The number of benzene rings is 1. The van der Waals surface area contributed by atoms with E-state index in [1.165, 1.54) is 38.5 Å². The fourth-order valence-corrected chi connectivity index (χ4v) is 3.85. The number of hydrogen-bond acceptors (Lipinski definition) is 5. The largest absolute Gasteiger partial charge is 0.468 e. The Kier molecular flexibility index (Phi) is 7.54. The van der Waals surface area contributed by atoms with Crippen LogP contribution in [-0.2, 0) is 25.6 Å². The summed E-state index contributed by atoms with van der Waals surface area (Å²) in [5.74, 6) is -3.28. The van der Waals surface area contributed by atoms with E-state index < -0.39 is 23.7 Å². The predicted octanol–water partition coefficient (Wildman–Crippen LogP) is 4.04. The van der Waals surface area contributed by atoms with Crippen molar-refractivity contribution in [3.8, 4) is 0 Å². The number of aromatic nitrogens is 1. The summed E-state index contributed by atoms with van der Waals surface area (Å²) in [7, 11) is 2.38. The van der Waals surface area contributed by atoms with Crippen LogP contribution < -0.4 is 0 Å². The van der Waals surface area contributed by atoms with Gasteiger partial charge in [-0.3, -0.25) is 14.4 Å². The van der Waals surface area contributed by atoms with Gasteiger partial charge in [0.25, 0.3) is 0 Å². The van der Waals surface area contributed by atoms with Crippen LogP contribution >= 0.6 is 31.9 Å². The van der Waals surface area contributed by atoms with E-state index in [-0.39, 0.29) is 18.7 Å². The van der Waals surface area contributed by atoms with E-state index in [1.807, 2.05) is 0 Å². The Balaban J connectivity index is 2.40. The smallest absolute Gasteiger partial charge is 0.320 e. The average Bonchev–Trinajstić information content (AvgIpc) is 2.91. The number of hydrogen-bond donors (Lipinski definition) is 0. The average molecular weight is 519 g/mol. The van der Waals surface area contributed by atoms with Crippen molar-refractivity contribution in [1.82, 2.24) is 4.57 Å². The highest BCUT2D eigenvalue weighted by atomic mass is 79.9. The third-order valence-corrected chi connectivity index (χ3v) is 6.63. The Hall–Kier alpha value is -2.00. The molecule has 0 aliphatic heterocycles. The number of rotatable bonds is 7. The fourth-order valence-electron chi connectivity index (χ4n) is 2.79. The summed E-state index contributed by atoms with van der Waals surface area (Å²) in [4.78, 5) is 36.8. The molecule has 1 aromatic heterocycles. The van der Waals surface area contributed by atoms with Gasteiger partial charge in [-0.25, -0.2) is 4.39 Å². The Morgan fingerprint density at radius 2 is 1.61 bits per heavy atom. The summed E-state index contributed by atoms with van der Waals surface area (Å²) >= 11 is 6.87. The molecule has 6 nitrogen and oxygen atoms in total. The highest BCUT2D eigenvalue weighted by Gasteiger charge is 2.30. The van der Waals surface area contributed by atoms with Crippen LogP contribution in [0.15, 0.2) is 33.3 Å². The molecule has 0 radical (unpaired) electrons. The Morgan fingerprint density at radius 1 is 1.07 bits per heavy atom. The predicted molar refractivity (Wildman–Crippen MR) is 107 cm³/mol. The highest BCUT2D eigenvalue weighted by Crippen LogP contribution is 2.34. The number of esters is 2. The van der Waals surface area contributed by atoms with Crippen LogP contribution in [0.5, 0.6) is 0 Å². The molecular weight excluding hydrogens is 501 g/mol. The Bertz CT molecular complexity index is 892. The molecule has 2 aromatic rings. The van der Waals surface area contributed by atoms with Gasteiger partial charge >= 0.3 is 11.9 Å². The van der Waals surface area contributed by atoms with Crippen molar-refractivity contribution in [2.75, 3.05) is 14.2 Å². The quantitative estimate of drug-likeness (QED) is 0.314. The molecule has 0 fully saturated rings. The second kappa shape index (κ2) is 9.47. The van der Waals surface area contributed by atoms with Crippen LogP contribution in [0.1, 0.15) is 28.0 Å². The number of nitrogens with zero attached hydrogens (tertiary/aromatic N) is 1. The minimum Gasteiger partial charge on any atom is -0.468 e. The van der Waals surface area contributed by atoms with E-state index in [1.54, 1.807) is 11.5 Å². The third kappa shape index (κ3) is 4.52. The summed E-state index contributed by atoms with van der Waals surface area (Å²) in [6, 6.07) is 5.23. The van der Waals surface area contributed by atoms with Gasteiger partial charge in [0.1, 0.15) is 5.82 Å². The normalized spacial score (nSPS) is 10.8. The zero-order valence-electron chi connectivity index (χ0n) is 15.4. The standard InChI is InChI=1S/C19H18Br2FNO5/c1-10-14(20)17(21)23(9-8-13(18(25)27-2)19(26)28-3)15(10)16(24)11-4-6-12(22)7-5-11/h4-7,13H,8-9H2,1-3H3. The highest BCUT2D eigenvalue weighted by molar-refractivity contribution is 9.13. The van der Waals surface area contributed by atoms with Gasteiger partial charge in [-0.05, 0) is 75.0 Å². The molecule has 1 heterocycles. The Morgan fingerprint density at radius 3 is 2.11 bits per heavy atom. The summed E-state index contributed by atoms with van der Waals surface area (Å²) in [6.45, 7) is 1.93. The summed E-state index contributed by atoms with van der Waals surface area (Å²) < 4.78 is 25.4. The van der Waals surface area contributed by atoms with E-state index in [0.29, 0.717) is 25.9 Å². The minimum atomic E-state index is -1.11. The maximum atomic E-state index is 13.2. The molecule has 2 rings (SSSR count). The lowest BCUT2D eigenvalue weighted by Crippen LogP contribution is -2.28. The molecule has 1 aromatic carbocycles. The van der Waals surface area contributed by atoms with E-state index >= 15 is 0 Å². The fraction of sp³-hybridized carbons (Fsp3) is 0.316. The first-order valence-electron chi connectivity index (χ1n) is 8.22. The number of ether oxygens (including phenoxy) is 2. The molecule has 0 aliphatic rings. The van der Waals surface area contributed by atoms with Gasteiger partial charge in [0.15, 0.2) is 5.92 Å². The molecule has 0 saturated heterocycles. The van der Waals surface area contributed by atoms with Crippen LogP contribution in [0, 0.1) is 18.7 Å². The number of ketones is 1. The molecule has 0 N–H and O–H groups in total. The first-order valence-corrected chi connectivity index (χ1v) is 9.81. The van der Waals surface area contributed by atoms with Crippen molar-refractivity contribution >= 4 is 49.6 Å². The van der Waals surface area contributed by atoms with Crippen LogP contribution in [0.25, 0.3) is 0 Å². The van der Waals surface area contributed by atoms with Crippen LogP contribution in [-0.4, -0.2) is 36.5 Å². The van der Waals surface area contributed by atoms with E-state index in [4.69, 9.17) is 0 Å². The van der Waals surface area contributed by atoms with Crippen LogP contribution in [0.4, 0.5) is 4.39 Å². The minimum absolute atomic E-state index is 0.0716. The number of carbonyl (C=O) groups is 3. The SMILES string of the molecule is COC(=O)C(CCn1c(Br)c(Br)c(C)c1C(=O)c1ccc(F)cc1)C(=O)OC. The van der Waals surface area contributed by atoms with Crippen LogP contribution in [0.2, 0.25) is 0 Å². The molecule has 0 atom stereocenters. The molecule has 28 heavy (non-hydrogen) atoms. The van der Waals surface area contributed by atoms with Gasteiger partial charge in [-0.2, -0.15) is 0 Å². The second-order valence-electron chi connectivity index (χ2n) is 5.95. The third-order valence-electron chi connectivity index (χ3n) is 4.31. The van der Waals surface area contributed by atoms with Gasteiger partial charge in [-0.15, -0.1) is 0 Å². The summed E-state index contributed by atoms with van der Waals surface area (Å²) in [6.07, 6.45) is 0.0716. The van der Waals surface area contributed by atoms with Gasteiger partial charge < -0.3 is 14.0 Å². The van der Waals surface area contributed by atoms with Gasteiger partial charge in [0, 0.05) is 12.1 Å². The molecule has 0 amide bonds. The summed E-state index contributed by atoms with van der Waals surface area (Å²) in [5, 5.41) is 0. The zero-order valence-corrected chi connectivity index (χ0v) is 18.6. The maximum Gasteiger partial charge on any atom is 0.320 e. The second-order valence-corrected chi connectivity index (χ2v) is 7.50. The topological polar surface area (TPSA) is 74.6 Å². The first kappa shape index (κ1) is 22.3. The number of halogens is 3. The maximum absolute atomic E-state index is 13.2. The molecule has 9 heteroatoms. The van der Waals surface area contributed by atoms with Gasteiger partial charge in [-0.1, -0.05) is 0 Å². The number of methoxy groups -OCH3 is 2. The van der Waals surface area contributed by atoms with Crippen molar-refractivity contribution in [2.45, 2.75) is 19.9 Å². The molecule has 0 spiro atoms. The van der Waals surface area contributed by atoms with Crippen molar-refractivity contribution in [1.29, 1.82) is 0 Å². The zero-order chi connectivity index (χ0) is 21.0. The van der Waals surface area contributed by atoms with E-state index in [2.05, 4.69) is 41.3 Å². The molecular formula is C19H18Br2FNO5. The Labute approximate surface area is 178 Å². The van der Waals surface area contributed by atoms with Gasteiger partial charge in [0.2, 0.25) is 5.78 Å². The summed E-state index contributed by atoms with van der Waals surface area (Å²) in [5.41, 5.74) is 1.36. The lowest BCUT2D eigenvalue weighted by atomic mass is 10.0. The number of carbonyl (C=O) groups excluding carboxylic acids is 3. The van der Waals surface area contributed by atoms with Crippen molar-refractivity contribution in [3.05, 3.63) is 56.0 Å². The monoisotopic (exact) mass is 517 g/mol. The van der Waals surface area contributed by atoms with Crippen LogP contribution in [0.3, 0.4) is 0 Å². The van der Waals surface area contributed by atoms with Crippen molar-refractivity contribution in [3.63, 3.8) is 0 Å². The van der Waals surface area contributed by atoms with E-state index in [9.17, 15) is 18.8 Å². The van der Waals surface area contributed by atoms with Crippen molar-refractivity contribution < 1.29 is 28.2 Å².